The number of hydrogen-bond acceptors (Lipinski definition) is 3. The summed E-state index contributed by atoms with van der Waals surface area (Å²) in [6.45, 7) is 3.31. The van der Waals surface area contributed by atoms with Gasteiger partial charge in [-0.2, -0.15) is 0 Å². The zero-order chi connectivity index (χ0) is 18.4. The van der Waals surface area contributed by atoms with Crippen molar-refractivity contribution in [1.82, 2.24) is 10.2 Å². The van der Waals surface area contributed by atoms with Gasteiger partial charge in [0.05, 0.1) is 7.11 Å². The van der Waals surface area contributed by atoms with Gasteiger partial charge in [-0.3, -0.25) is 9.69 Å². The summed E-state index contributed by atoms with van der Waals surface area (Å²) in [5.41, 5.74) is 2.31. The summed E-state index contributed by atoms with van der Waals surface area (Å²) < 4.78 is 6.52. The molecule has 1 aliphatic rings. The number of benzene rings is 2. The molecule has 0 aromatic heterocycles. The maximum atomic E-state index is 12.4. The molecule has 1 fully saturated rings. The highest BCUT2D eigenvalue weighted by Crippen LogP contribution is 2.26. The van der Waals surface area contributed by atoms with E-state index in [-0.39, 0.29) is 11.8 Å². The maximum absolute atomic E-state index is 12.4. The summed E-state index contributed by atoms with van der Waals surface area (Å²) >= 11 is 3.53. The van der Waals surface area contributed by atoms with Crippen LogP contribution in [-0.2, 0) is 17.9 Å². The molecular formula is C21H25BrN2O2. The van der Waals surface area contributed by atoms with E-state index in [2.05, 4.69) is 32.2 Å². The van der Waals surface area contributed by atoms with Crippen molar-refractivity contribution in [3.8, 4) is 5.75 Å². The summed E-state index contributed by atoms with van der Waals surface area (Å²) in [6, 6.07) is 16.1. The fraction of sp³-hybridized carbons (Fsp3) is 0.381. The third-order valence-corrected chi connectivity index (χ3v) is 5.40. The van der Waals surface area contributed by atoms with Crippen molar-refractivity contribution >= 4 is 21.8 Å². The SMILES string of the molecule is COc1ccc(Br)cc1CN1CCC(C(=O)NCc2ccccc2)CC1. The molecule has 0 aliphatic carbocycles. The largest absolute Gasteiger partial charge is 0.496 e. The Bertz CT molecular complexity index is 728. The second-order valence-corrected chi connectivity index (χ2v) is 7.63. The van der Waals surface area contributed by atoms with Crippen molar-refractivity contribution in [3.05, 3.63) is 64.1 Å². The predicted molar refractivity (Wildman–Crippen MR) is 107 cm³/mol. The third kappa shape index (κ3) is 5.08. The number of rotatable bonds is 6. The van der Waals surface area contributed by atoms with E-state index in [1.807, 2.05) is 42.5 Å². The van der Waals surface area contributed by atoms with E-state index in [4.69, 9.17) is 4.74 Å². The lowest BCUT2D eigenvalue weighted by Crippen LogP contribution is -2.40. The Morgan fingerprint density at radius 2 is 1.92 bits per heavy atom. The molecule has 0 unspecified atom stereocenters. The van der Waals surface area contributed by atoms with Gasteiger partial charge in [0.1, 0.15) is 5.75 Å². The van der Waals surface area contributed by atoms with Crippen LogP contribution in [0.3, 0.4) is 0 Å². The van der Waals surface area contributed by atoms with Crippen LogP contribution in [0.2, 0.25) is 0 Å². The summed E-state index contributed by atoms with van der Waals surface area (Å²) in [7, 11) is 1.70. The van der Waals surface area contributed by atoms with Crippen LogP contribution in [0.1, 0.15) is 24.0 Å². The number of amides is 1. The molecule has 3 rings (SSSR count). The first-order valence-corrected chi connectivity index (χ1v) is 9.81. The van der Waals surface area contributed by atoms with E-state index in [0.717, 1.165) is 48.3 Å². The molecule has 4 nitrogen and oxygen atoms in total. The highest BCUT2D eigenvalue weighted by atomic mass is 79.9. The Morgan fingerprint density at radius 1 is 1.19 bits per heavy atom. The van der Waals surface area contributed by atoms with Crippen LogP contribution in [0.4, 0.5) is 0 Å². The average Bonchev–Trinajstić information content (AvgIpc) is 2.68. The Labute approximate surface area is 163 Å². The van der Waals surface area contributed by atoms with Gasteiger partial charge in [-0.05, 0) is 49.7 Å². The van der Waals surface area contributed by atoms with Gasteiger partial charge < -0.3 is 10.1 Å². The number of halogens is 1. The topological polar surface area (TPSA) is 41.6 Å². The molecule has 138 valence electrons. The number of piperidine rings is 1. The smallest absolute Gasteiger partial charge is 0.223 e. The summed E-state index contributed by atoms with van der Waals surface area (Å²) in [6.07, 6.45) is 1.80. The van der Waals surface area contributed by atoms with E-state index in [9.17, 15) is 4.79 Å². The quantitative estimate of drug-likeness (QED) is 0.773. The molecule has 26 heavy (non-hydrogen) atoms. The van der Waals surface area contributed by atoms with E-state index in [0.29, 0.717) is 6.54 Å². The summed E-state index contributed by atoms with van der Waals surface area (Å²) in [5, 5.41) is 3.08. The second-order valence-electron chi connectivity index (χ2n) is 6.71. The highest BCUT2D eigenvalue weighted by molar-refractivity contribution is 9.10. The van der Waals surface area contributed by atoms with Gasteiger partial charge in [-0.15, -0.1) is 0 Å². The van der Waals surface area contributed by atoms with E-state index >= 15 is 0 Å². The summed E-state index contributed by atoms with van der Waals surface area (Å²) in [4.78, 5) is 14.8. The predicted octanol–water partition coefficient (Wildman–Crippen LogP) is 3.99. The number of carbonyl (C=O) groups is 1. The molecular weight excluding hydrogens is 392 g/mol. The van der Waals surface area contributed by atoms with Crippen molar-refractivity contribution < 1.29 is 9.53 Å². The van der Waals surface area contributed by atoms with Gasteiger partial charge >= 0.3 is 0 Å². The molecule has 1 saturated heterocycles. The van der Waals surface area contributed by atoms with Crippen LogP contribution in [0.15, 0.2) is 53.0 Å². The first-order valence-electron chi connectivity index (χ1n) is 9.02. The lowest BCUT2D eigenvalue weighted by atomic mass is 9.95. The monoisotopic (exact) mass is 416 g/mol. The van der Waals surface area contributed by atoms with Gasteiger partial charge in [-0.25, -0.2) is 0 Å². The van der Waals surface area contributed by atoms with Crippen molar-refractivity contribution in [1.29, 1.82) is 0 Å². The number of hydrogen-bond donors (Lipinski definition) is 1. The number of likely N-dealkylation sites (tertiary alicyclic amines) is 1. The van der Waals surface area contributed by atoms with E-state index in [1.54, 1.807) is 7.11 Å². The molecule has 0 radical (unpaired) electrons. The van der Waals surface area contributed by atoms with Crippen LogP contribution in [0.5, 0.6) is 5.75 Å². The van der Waals surface area contributed by atoms with Gasteiger partial charge in [-0.1, -0.05) is 46.3 Å². The molecule has 1 aliphatic heterocycles. The molecule has 0 atom stereocenters. The number of carbonyl (C=O) groups excluding carboxylic acids is 1. The lowest BCUT2D eigenvalue weighted by Gasteiger charge is -2.31. The minimum absolute atomic E-state index is 0.111. The molecule has 0 saturated carbocycles. The zero-order valence-corrected chi connectivity index (χ0v) is 16.7. The standard InChI is InChI=1S/C21H25BrN2O2/c1-26-20-8-7-19(22)13-18(20)15-24-11-9-17(10-12-24)21(25)23-14-16-5-3-2-4-6-16/h2-8,13,17H,9-12,14-15H2,1H3,(H,23,25). The minimum Gasteiger partial charge on any atom is -0.496 e. The van der Waals surface area contributed by atoms with Crippen molar-refractivity contribution in [2.45, 2.75) is 25.9 Å². The molecule has 0 spiro atoms. The molecule has 1 amide bonds. The van der Waals surface area contributed by atoms with Crippen LogP contribution in [0.25, 0.3) is 0 Å². The van der Waals surface area contributed by atoms with Crippen molar-refractivity contribution in [2.24, 2.45) is 5.92 Å². The molecule has 2 aromatic rings. The molecule has 2 aromatic carbocycles. The van der Waals surface area contributed by atoms with Gasteiger partial charge in [0.15, 0.2) is 0 Å². The number of nitrogens with zero attached hydrogens (tertiary/aromatic N) is 1. The van der Waals surface area contributed by atoms with Crippen LogP contribution >= 0.6 is 15.9 Å². The van der Waals surface area contributed by atoms with Gasteiger partial charge in [0.25, 0.3) is 0 Å². The highest BCUT2D eigenvalue weighted by Gasteiger charge is 2.25. The zero-order valence-electron chi connectivity index (χ0n) is 15.1. The van der Waals surface area contributed by atoms with Crippen molar-refractivity contribution in [2.75, 3.05) is 20.2 Å². The first kappa shape index (κ1) is 18.9. The molecule has 5 heteroatoms. The van der Waals surface area contributed by atoms with Crippen LogP contribution < -0.4 is 10.1 Å². The molecule has 1 heterocycles. The Balaban J connectivity index is 1.48. The Kier molecular flexibility index (Phi) is 6.69. The second kappa shape index (κ2) is 9.19. The van der Waals surface area contributed by atoms with Crippen LogP contribution in [-0.4, -0.2) is 31.0 Å². The molecule has 1 N–H and O–H groups in total. The number of methoxy groups -OCH3 is 1. The van der Waals surface area contributed by atoms with E-state index in [1.165, 1.54) is 5.56 Å². The first-order chi connectivity index (χ1) is 12.7. The Hall–Kier alpha value is -1.85. The average molecular weight is 417 g/mol. The fourth-order valence-electron chi connectivity index (χ4n) is 3.39. The summed E-state index contributed by atoms with van der Waals surface area (Å²) in [5.74, 6) is 1.20. The van der Waals surface area contributed by atoms with Gasteiger partial charge in [0.2, 0.25) is 5.91 Å². The van der Waals surface area contributed by atoms with Gasteiger partial charge in [0, 0.05) is 29.0 Å². The maximum Gasteiger partial charge on any atom is 0.223 e. The number of nitrogens with one attached hydrogen (secondary N) is 1. The number of ether oxygens (including phenoxy) is 1. The molecule has 0 bridgehead atoms. The Morgan fingerprint density at radius 3 is 2.62 bits per heavy atom. The fourth-order valence-corrected chi connectivity index (χ4v) is 3.80. The van der Waals surface area contributed by atoms with Crippen molar-refractivity contribution in [3.63, 3.8) is 0 Å². The van der Waals surface area contributed by atoms with Crippen LogP contribution in [0, 0.1) is 5.92 Å². The van der Waals surface area contributed by atoms with E-state index < -0.39 is 0 Å². The normalized spacial score (nSPS) is 15.6. The third-order valence-electron chi connectivity index (χ3n) is 4.90. The lowest BCUT2D eigenvalue weighted by molar-refractivity contribution is -0.126. The minimum atomic E-state index is 0.111.